The second-order valence-electron chi connectivity index (χ2n) is 7.28. The molecule has 0 aliphatic heterocycles. The Morgan fingerprint density at radius 2 is 1.72 bits per heavy atom. The Balaban J connectivity index is 0.00000256. The monoisotopic (exact) mass is 540 g/mol. The van der Waals surface area contributed by atoms with E-state index in [4.69, 9.17) is 44.5 Å². The van der Waals surface area contributed by atoms with E-state index < -0.39 is 0 Å². The van der Waals surface area contributed by atoms with Gasteiger partial charge in [0.1, 0.15) is 5.52 Å². The molecule has 1 atom stereocenters. The van der Waals surface area contributed by atoms with Crippen LogP contribution in [0.3, 0.4) is 0 Å². The highest BCUT2D eigenvalue weighted by molar-refractivity contribution is 6.31. The second kappa shape index (κ2) is 14.3. The molecule has 2 aromatic heterocycles. The van der Waals surface area contributed by atoms with E-state index in [1.165, 1.54) is 0 Å². The van der Waals surface area contributed by atoms with Gasteiger partial charge < -0.3 is 15.0 Å². The first-order valence-corrected chi connectivity index (χ1v) is 11.5. The summed E-state index contributed by atoms with van der Waals surface area (Å²) in [5.74, 6) is 1.80. The molecular formula is C22H29Cl5N4O. The molecule has 0 radical (unpaired) electrons. The van der Waals surface area contributed by atoms with Crippen molar-refractivity contribution in [3.63, 3.8) is 0 Å². The molecule has 1 unspecified atom stereocenters. The Hall–Kier alpha value is -0.950. The molecule has 3 aromatic rings. The molecule has 10 heteroatoms. The zero-order chi connectivity index (χ0) is 21.5. The molecule has 1 aromatic carbocycles. The van der Waals surface area contributed by atoms with Crippen LogP contribution in [0.5, 0.6) is 5.88 Å². The molecule has 3 rings (SSSR count). The van der Waals surface area contributed by atoms with Crippen molar-refractivity contribution in [2.24, 2.45) is 0 Å². The van der Waals surface area contributed by atoms with E-state index in [9.17, 15) is 0 Å². The van der Waals surface area contributed by atoms with E-state index in [0.717, 1.165) is 60.1 Å². The third-order valence-electron chi connectivity index (χ3n) is 5.07. The maximum absolute atomic E-state index is 6.21. The Morgan fingerprint density at radius 3 is 2.38 bits per heavy atom. The first-order chi connectivity index (χ1) is 14.5. The van der Waals surface area contributed by atoms with Crippen LogP contribution in [-0.2, 0) is 0 Å². The van der Waals surface area contributed by atoms with Crippen molar-refractivity contribution in [3.05, 3.63) is 35.4 Å². The van der Waals surface area contributed by atoms with E-state index in [2.05, 4.69) is 22.1 Å². The Morgan fingerprint density at radius 1 is 1.00 bits per heavy atom. The summed E-state index contributed by atoms with van der Waals surface area (Å²) in [7, 11) is 1.62. The highest BCUT2D eigenvalue weighted by Crippen LogP contribution is 2.33. The van der Waals surface area contributed by atoms with Gasteiger partial charge in [0.25, 0.3) is 0 Å². The summed E-state index contributed by atoms with van der Waals surface area (Å²) in [6.45, 7) is 4.88. The Labute approximate surface area is 217 Å². The Bertz CT molecular complexity index is 985. The molecule has 0 saturated heterocycles. The van der Waals surface area contributed by atoms with Crippen molar-refractivity contribution in [3.8, 4) is 5.88 Å². The van der Waals surface area contributed by atoms with Crippen LogP contribution < -0.4 is 10.1 Å². The summed E-state index contributed by atoms with van der Waals surface area (Å²) >= 11 is 18.0. The number of ether oxygens (including phenoxy) is 1. The van der Waals surface area contributed by atoms with E-state index in [1.807, 2.05) is 30.3 Å². The molecule has 0 amide bonds. The standard InChI is InChI=1S/C22H27Cl3N4O.2ClH/c1-15(4-3-11-29(12-9-23)13-10-24)26-21-17-6-5-16(25)14-19(17)27-18-7-8-20(30-2)28-22(18)21;;/h5-8,14-15H,3-4,9-13H2,1-2H3,(H,26,27);2*1H. The highest BCUT2D eigenvalue weighted by Gasteiger charge is 2.15. The second-order valence-corrected chi connectivity index (χ2v) is 8.47. The predicted octanol–water partition coefficient (Wildman–Crippen LogP) is 6.65. The third-order valence-corrected chi connectivity index (χ3v) is 5.64. The molecule has 2 heterocycles. The van der Waals surface area contributed by atoms with Gasteiger partial charge in [-0.1, -0.05) is 11.6 Å². The number of hydrogen-bond acceptors (Lipinski definition) is 5. The van der Waals surface area contributed by atoms with E-state index >= 15 is 0 Å². The van der Waals surface area contributed by atoms with Gasteiger partial charge in [0.2, 0.25) is 5.88 Å². The molecule has 5 nitrogen and oxygen atoms in total. The lowest BCUT2D eigenvalue weighted by atomic mass is 10.1. The average molecular weight is 543 g/mol. The van der Waals surface area contributed by atoms with Crippen molar-refractivity contribution in [1.82, 2.24) is 14.9 Å². The van der Waals surface area contributed by atoms with Gasteiger partial charge in [-0.25, -0.2) is 9.97 Å². The molecule has 0 fully saturated rings. The summed E-state index contributed by atoms with van der Waals surface area (Å²) in [5, 5.41) is 5.32. The van der Waals surface area contributed by atoms with Gasteiger partial charge in [-0.2, -0.15) is 0 Å². The van der Waals surface area contributed by atoms with E-state index in [-0.39, 0.29) is 30.9 Å². The number of hydrogen-bond donors (Lipinski definition) is 1. The van der Waals surface area contributed by atoms with Gasteiger partial charge in [-0.3, -0.25) is 0 Å². The topological polar surface area (TPSA) is 50.3 Å². The number of nitrogens with zero attached hydrogens (tertiary/aromatic N) is 3. The molecule has 0 aliphatic rings. The molecule has 0 spiro atoms. The first kappa shape index (κ1) is 29.1. The fraction of sp³-hybridized carbons (Fsp3) is 0.455. The van der Waals surface area contributed by atoms with Gasteiger partial charge in [0.05, 0.1) is 23.8 Å². The molecule has 0 saturated carbocycles. The van der Waals surface area contributed by atoms with Crippen LogP contribution in [0.25, 0.3) is 21.9 Å². The van der Waals surface area contributed by atoms with Crippen LogP contribution in [0.15, 0.2) is 30.3 Å². The molecule has 1 N–H and O–H groups in total. The minimum Gasteiger partial charge on any atom is -0.481 e. The summed E-state index contributed by atoms with van der Waals surface area (Å²) < 4.78 is 5.34. The molecule has 32 heavy (non-hydrogen) atoms. The maximum atomic E-state index is 6.21. The lowest BCUT2D eigenvalue weighted by Crippen LogP contribution is -2.30. The number of fused-ring (bicyclic) bond motifs is 2. The highest BCUT2D eigenvalue weighted by atomic mass is 35.5. The van der Waals surface area contributed by atoms with Crippen LogP contribution in [0.1, 0.15) is 19.8 Å². The van der Waals surface area contributed by atoms with Crippen LogP contribution in [0.4, 0.5) is 5.69 Å². The zero-order valence-electron chi connectivity index (χ0n) is 18.1. The molecule has 0 bridgehead atoms. The van der Waals surface area contributed by atoms with Gasteiger partial charge >= 0.3 is 0 Å². The minimum atomic E-state index is 0. The molecular weight excluding hydrogens is 514 g/mol. The quantitative estimate of drug-likeness (QED) is 0.217. The number of benzene rings is 1. The van der Waals surface area contributed by atoms with Gasteiger partial charge in [0.15, 0.2) is 0 Å². The van der Waals surface area contributed by atoms with Crippen molar-refractivity contribution >= 4 is 87.2 Å². The van der Waals surface area contributed by atoms with E-state index in [1.54, 1.807) is 7.11 Å². The predicted molar refractivity (Wildman–Crippen MR) is 143 cm³/mol. The van der Waals surface area contributed by atoms with Crippen molar-refractivity contribution in [2.45, 2.75) is 25.8 Å². The summed E-state index contributed by atoms with van der Waals surface area (Å²) in [6.07, 6.45) is 2.05. The summed E-state index contributed by atoms with van der Waals surface area (Å²) in [6, 6.07) is 9.74. The molecule has 0 aliphatic carbocycles. The fourth-order valence-corrected chi connectivity index (χ4v) is 4.19. The number of anilines is 1. The number of methoxy groups -OCH3 is 1. The average Bonchev–Trinajstić information content (AvgIpc) is 2.73. The van der Waals surface area contributed by atoms with Gasteiger partial charge in [-0.05, 0) is 50.6 Å². The number of alkyl halides is 2. The number of nitrogens with one attached hydrogen (secondary N) is 1. The van der Waals surface area contributed by atoms with Crippen LogP contribution in [0.2, 0.25) is 5.02 Å². The third kappa shape index (κ3) is 7.54. The smallest absolute Gasteiger partial charge is 0.213 e. The van der Waals surface area contributed by atoms with Gasteiger partial charge in [-0.15, -0.1) is 48.0 Å². The number of rotatable bonds is 11. The minimum absolute atomic E-state index is 0. The van der Waals surface area contributed by atoms with E-state index in [0.29, 0.717) is 22.7 Å². The Kier molecular flexibility index (Phi) is 13.0. The zero-order valence-corrected chi connectivity index (χ0v) is 22.0. The summed E-state index contributed by atoms with van der Waals surface area (Å²) in [4.78, 5) is 11.7. The van der Waals surface area contributed by atoms with Crippen molar-refractivity contribution < 1.29 is 4.74 Å². The number of halogens is 5. The lowest BCUT2D eigenvalue weighted by Gasteiger charge is -2.22. The molecule has 178 valence electrons. The van der Waals surface area contributed by atoms with Crippen LogP contribution >= 0.6 is 59.6 Å². The first-order valence-electron chi connectivity index (χ1n) is 10.1. The van der Waals surface area contributed by atoms with Crippen LogP contribution in [-0.4, -0.2) is 59.4 Å². The van der Waals surface area contributed by atoms with Crippen LogP contribution in [0, 0.1) is 0 Å². The van der Waals surface area contributed by atoms with Crippen molar-refractivity contribution in [1.29, 1.82) is 0 Å². The largest absolute Gasteiger partial charge is 0.481 e. The number of pyridine rings is 2. The SMILES string of the molecule is COc1ccc2nc3cc(Cl)ccc3c(NC(C)CCCN(CCCl)CCCl)c2n1.Cl.Cl. The van der Waals surface area contributed by atoms with Crippen molar-refractivity contribution in [2.75, 3.05) is 43.8 Å². The number of aromatic nitrogens is 2. The normalized spacial score (nSPS) is 11.8. The fourth-order valence-electron chi connectivity index (χ4n) is 3.55. The lowest BCUT2D eigenvalue weighted by molar-refractivity contribution is 0.298. The maximum Gasteiger partial charge on any atom is 0.213 e. The van der Waals surface area contributed by atoms with Gasteiger partial charge in [0, 0.05) is 47.4 Å². The summed E-state index contributed by atoms with van der Waals surface area (Å²) in [5.41, 5.74) is 3.39.